The average molecular weight is 412 g/mol. The van der Waals surface area contributed by atoms with Gasteiger partial charge >= 0.3 is 0 Å². The van der Waals surface area contributed by atoms with E-state index in [-0.39, 0.29) is 47.6 Å². The lowest BCUT2D eigenvalue weighted by Crippen LogP contribution is -2.27. The van der Waals surface area contributed by atoms with Gasteiger partial charge in [0.1, 0.15) is 12.4 Å². The second-order valence-corrected chi connectivity index (χ2v) is 7.05. The van der Waals surface area contributed by atoms with Gasteiger partial charge < -0.3 is 15.0 Å². The van der Waals surface area contributed by atoms with Gasteiger partial charge in [-0.05, 0) is 38.0 Å². The molecule has 0 amide bonds. The van der Waals surface area contributed by atoms with Gasteiger partial charge in [0.15, 0.2) is 11.6 Å². The summed E-state index contributed by atoms with van der Waals surface area (Å²) in [6.07, 6.45) is 1.92. The number of anilines is 1. The van der Waals surface area contributed by atoms with Crippen LogP contribution < -0.4 is 11.3 Å². The zero-order chi connectivity index (χ0) is 21.3. The molecule has 9 nitrogen and oxygen atoms in total. The van der Waals surface area contributed by atoms with E-state index in [0.717, 1.165) is 5.56 Å². The standard InChI is InChI=1S/C20H21FN6O3/c1-3-23-17-11(2)19(28)27(20(22)25-17)9-16-24-18(26-30-16)13-8-15(29-10-13)12-5-4-6-14(21)7-12/h3-7,13,15H,8-10H2,1-2H3,(H2,22,25)/b23-3-/t13-,15+/m0/s1. The molecule has 10 heteroatoms. The summed E-state index contributed by atoms with van der Waals surface area (Å²) < 4.78 is 25.8. The largest absolute Gasteiger partial charge is 0.373 e. The third-order valence-electron chi connectivity index (χ3n) is 5.01. The van der Waals surface area contributed by atoms with Gasteiger partial charge in [-0.15, -0.1) is 0 Å². The Balaban J connectivity index is 1.50. The molecule has 0 aliphatic carbocycles. The average Bonchev–Trinajstić information content (AvgIpc) is 3.39. The molecule has 1 saturated heterocycles. The smallest absolute Gasteiger partial charge is 0.260 e. The first-order chi connectivity index (χ1) is 14.5. The summed E-state index contributed by atoms with van der Waals surface area (Å²) in [6.45, 7) is 3.76. The molecule has 1 aliphatic heterocycles. The van der Waals surface area contributed by atoms with Crippen molar-refractivity contribution < 1.29 is 13.7 Å². The number of ether oxygens (including phenoxy) is 1. The maximum absolute atomic E-state index is 13.5. The fourth-order valence-corrected chi connectivity index (χ4v) is 3.43. The number of aliphatic imine (C=N–C) groups is 1. The molecule has 156 valence electrons. The summed E-state index contributed by atoms with van der Waals surface area (Å²) in [5.41, 5.74) is 6.76. The zero-order valence-electron chi connectivity index (χ0n) is 16.6. The number of rotatable bonds is 5. The normalized spacial score (nSPS) is 19.0. The minimum atomic E-state index is -0.321. The minimum Gasteiger partial charge on any atom is -0.373 e. The van der Waals surface area contributed by atoms with Crippen molar-refractivity contribution in [2.75, 3.05) is 12.3 Å². The molecule has 1 aromatic carbocycles. The Morgan fingerprint density at radius 2 is 2.23 bits per heavy atom. The van der Waals surface area contributed by atoms with Gasteiger partial charge in [-0.2, -0.15) is 9.97 Å². The second kappa shape index (κ2) is 8.15. The first kappa shape index (κ1) is 19.9. The monoisotopic (exact) mass is 412 g/mol. The first-order valence-corrected chi connectivity index (χ1v) is 9.51. The van der Waals surface area contributed by atoms with E-state index in [1.807, 2.05) is 6.07 Å². The van der Waals surface area contributed by atoms with Crippen LogP contribution in [0.1, 0.15) is 48.2 Å². The molecule has 3 aromatic rings. The number of nitrogens with zero attached hydrogens (tertiary/aromatic N) is 5. The fourth-order valence-electron chi connectivity index (χ4n) is 3.43. The van der Waals surface area contributed by atoms with Crippen molar-refractivity contribution in [1.29, 1.82) is 0 Å². The molecule has 0 spiro atoms. The molecule has 3 heterocycles. The molecule has 2 N–H and O–H groups in total. The number of halogens is 1. The second-order valence-electron chi connectivity index (χ2n) is 7.05. The number of hydrogen-bond acceptors (Lipinski definition) is 8. The molecule has 0 bridgehead atoms. The molecule has 0 saturated carbocycles. The van der Waals surface area contributed by atoms with Crippen LogP contribution in [0.2, 0.25) is 0 Å². The van der Waals surface area contributed by atoms with Gasteiger partial charge in [-0.25, -0.2) is 9.38 Å². The lowest BCUT2D eigenvalue weighted by Gasteiger charge is -2.09. The van der Waals surface area contributed by atoms with Gasteiger partial charge in [0.2, 0.25) is 11.8 Å². The van der Waals surface area contributed by atoms with E-state index >= 15 is 0 Å². The molecule has 30 heavy (non-hydrogen) atoms. The summed E-state index contributed by atoms with van der Waals surface area (Å²) in [4.78, 5) is 25.2. The highest BCUT2D eigenvalue weighted by atomic mass is 19.1. The summed E-state index contributed by atoms with van der Waals surface area (Å²) in [5.74, 6) is 0.624. The Bertz CT molecular complexity index is 1160. The predicted molar refractivity (Wildman–Crippen MR) is 107 cm³/mol. The number of nitrogen functional groups attached to an aromatic ring is 1. The maximum atomic E-state index is 13.5. The van der Waals surface area contributed by atoms with E-state index in [9.17, 15) is 9.18 Å². The molecule has 4 rings (SSSR count). The predicted octanol–water partition coefficient (Wildman–Crippen LogP) is 2.67. The van der Waals surface area contributed by atoms with Crippen molar-refractivity contribution >= 4 is 18.0 Å². The number of aromatic nitrogens is 4. The highest BCUT2D eigenvalue weighted by Gasteiger charge is 2.31. The van der Waals surface area contributed by atoms with Crippen molar-refractivity contribution in [3.05, 3.63) is 63.3 Å². The van der Waals surface area contributed by atoms with E-state index in [2.05, 4.69) is 20.1 Å². The SMILES string of the molecule is C/C=N\c1nc(N)n(Cc2nc([C@@H]3CO[C@@H](c4cccc(F)c4)C3)no2)c(=O)c1C. The zero-order valence-corrected chi connectivity index (χ0v) is 16.6. The van der Waals surface area contributed by atoms with Crippen LogP contribution >= 0.6 is 0 Å². The summed E-state index contributed by atoms with van der Waals surface area (Å²) in [6, 6.07) is 6.34. The van der Waals surface area contributed by atoms with Crippen LogP contribution in [-0.2, 0) is 11.3 Å². The number of nitrogens with two attached hydrogens (primary N) is 1. The summed E-state index contributed by atoms with van der Waals surface area (Å²) in [7, 11) is 0. The van der Waals surface area contributed by atoms with Crippen LogP contribution in [0.25, 0.3) is 0 Å². The molecule has 1 aliphatic rings. The minimum absolute atomic E-state index is 0.00251. The van der Waals surface area contributed by atoms with Crippen LogP contribution in [-0.4, -0.2) is 32.5 Å². The quantitative estimate of drug-likeness (QED) is 0.639. The van der Waals surface area contributed by atoms with E-state index in [1.54, 1.807) is 26.1 Å². The highest BCUT2D eigenvalue weighted by molar-refractivity contribution is 5.60. The maximum Gasteiger partial charge on any atom is 0.260 e. The van der Waals surface area contributed by atoms with Crippen molar-refractivity contribution in [2.24, 2.45) is 4.99 Å². The van der Waals surface area contributed by atoms with Crippen molar-refractivity contribution in [1.82, 2.24) is 19.7 Å². The van der Waals surface area contributed by atoms with Crippen LogP contribution in [0.5, 0.6) is 0 Å². The van der Waals surface area contributed by atoms with Gasteiger partial charge in [0.25, 0.3) is 5.56 Å². The van der Waals surface area contributed by atoms with E-state index < -0.39 is 0 Å². The lowest BCUT2D eigenvalue weighted by molar-refractivity contribution is 0.109. The van der Waals surface area contributed by atoms with E-state index in [4.69, 9.17) is 15.0 Å². The van der Waals surface area contributed by atoms with Crippen molar-refractivity contribution in [2.45, 2.75) is 38.8 Å². The third kappa shape index (κ3) is 3.86. The van der Waals surface area contributed by atoms with E-state index in [1.165, 1.54) is 16.7 Å². The summed E-state index contributed by atoms with van der Waals surface area (Å²) in [5, 5.41) is 4.03. The third-order valence-corrected chi connectivity index (χ3v) is 5.01. The van der Waals surface area contributed by atoms with Gasteiger partial charge in [-0.3, -0.25) is 9.36 Å². The molecular formula is C20H21FN6O3. The van der Waals surface area contributed by atoms with Crippen LogP contribution in [0.3, 0.4) is 0 Å². The molecular weight excluding hydrogens is 391 g/mol. The molecule has 1 fully saturated rings. The van der Waals surface area contributed by atoms with Gasteiger partial charge in [0, 0.05) is 12.1 Å². The van der Waals surface area contributed by atoms with Gasteiger partial charge in [0.05, 0.1) is 18.3 Å². The Hall–Kier alpha value is -3.40. The molecule has 0 unspecified atom stereocenters. The number of benzene rings is 1. The first-order valence-electron chi connectivity index (χ1n) is 9.51. The topological polar surface area (TPSA) is 121 Å². The van der Waals surface area contributed by atoms with Crippen molar-refractivity contribution in [3.63, 3.8) is 0 Å². The fraction of sp³-hybridized carbons (Fsp3) is 0.350. The highest BCUT2D eigenvalue weighted by Crippen LogP contribution is 2.37. The van der Waals surface area contributed by atoms with Gasteiger partial charge in [-0.1, -0.05) is 17.3 Å². The van der Waals surface area contributed by atoms with E-state index in [0.29, 0.717) is 24.4 Å². The Morgan fingerprint density at radius 1 is 1.40 bits per heavy atom. The number of hydrogen-bond donors (Lipinski definition) is 1. The van der Waals surface area contributed by atoms with Crippen LogP contribution in [0, 0.1) is 12.7 Å². The lowest BCUT2D eigenvalue weighted by atomic mass is 10.00. The molecule has 2 atom stereocenters. The molecule has 0 radical (unpaired) electrons. The van der Waals surface area contributed by atoms with Crippen LogP contribution in [0.15, 0.2) is 38.6 Å². The van der Waals surface area contributed by atoms with Crippen LogP contribution in [0.4, 0.5) is 16.2 Å². The Labute approximate surface area is 171 Å². The summed E-state index contributed by atoms with van der Waals surface area (Å²) >= 11 is 0. The Morgan fingerprint density at radius 3 is 3.00 bits per heavy atom. The van der Waals surface area contributed by atoms with Crippen molar-refractivity contribution in [3.8, 4) is 0 Å². The Kier molecular flexibility index (Phi) is 5.40. The molecule has 2 aromatic heterocycles.